The van der Waals surface area contributed by atoms with Crippen LogP contribution < -0.4 is 5.32 Å². The number of aliphatic carboxylic acids is 1. The summed E-state index contributed by atoms with van der Waals surface area (Å²) in [6, 6.07) is 0.436. The van der Waals surface area contributed by atoms with Crippen LogP contribution in [0, 0.1) is 10.8 Å². The Bertz CT molecular complexity index is 640. The number of hydrogen-bond acceptors (Lipinski definition) is 5. The number of nitrogens with one attached hydrogen (secondary N) is 1. The second kappa shape index (κ2) is 11.3. The molecular weight excluding hydrogens is 378 g/mol. The molecule has 1 heterocycles. The lowest BCUT2D eigenvalue weighted by molar-refractivity contribution is -0.137. The van der Waals surface area contributed by atoms with Crippen molar-refractivity contribution in [1.29, 1.82) is 0 Å². The number of aromatic nitrogens is 2. The van der Waals surface area contributed by atoms with E-state index in [2.05, 4.69) is 50.1 Å². The molecule has 6 heteroatoms. The second-order valence-corrected chi connectivity index (χ2v) is 10.2. The molecule has 172 valence electrons. The van der Waals surface area contributed by atoms with Gasteiger partial charge in [0.25, 0.3) is 0 Å². The first-order valence-corrected chi connectivity index (χ1v) is 12.0. The average molecular weight is 422 g/mol. The lowest BCUT2D eigenvalue weighted by atomic mass is 9.57. The molecule has 1 aliphatic carbocycles. The summed E-state index contributed by atoms with van der Waals surface area (Å²) in [5.41, 5.74) is 0.631. The minimum absolute atomic E-state index is 0.0458. The zero-order valence-corrected chi connectivity index (χ0v) is 19.8. The van der Waals surface area contributed by atoms with E-state index in [-0.39, 0.29) is 17.8 Å². The van der Waals surface area contributed by atoms with Gasteiger partial charge in [-0.15, -0.1) is 0 Å². The molecule has 30 heavy (non-hydrogen) atoms. The molecule has 0 bridgehead atoms. The molecule has 1 saturated carbocycles. The molecule has 1 aromatic heterocycles. The highest BCUT2D eigenvalue weighted by atomic mass is 16.5. The fraction of sp³-hybridized carbons (Fsp3) is 0.875. The van der Waals surface area contributed by atoms with E-state index in [0.717, 1.165) is 32.1 Å². The minimum Gasteiger partial charge on any atom is -0.481 e. The van der Waals surface area contributed by atoms with Crippen molar-refractivity contribution in [3.05, 3.63) is 11.7 Å². The average Bonchev–Trinajstić information content (AvgIpc) is 3.16. The summed E-state index contributed by atoms with van der Waals surface area (Å²) >= 11 is 0. The minimum atomic E-state index is -0.807. The molecule has 1 atom stereocenters. The molecule has 2 rings (SSSR count). The van der Waals surface area contributed by atoms with Gasteiger partial charge < -0.3 is 14.9 Å². The summed E-state index contributed by atoms with van der Waals surface area (Å²) in [6.07, 6.45) is 11.6. The second-order valence-electron chi connectivity index (χ2n) is 10.2. The van der Waals surface area contributed by atoms with Crippen LogP contribution in [0.3, 0.4) is 0 Å². The first kappa shape index (κ1) is 24.8. The van der Waals surface area contributed by atoms with E-state index in [1.807, 2.05) is 0 Å². The molecule has 0 unspecified atom stereocenters. The molecule has 1 fully saturated rings. The molecule has 0 aromatic carbocycles. The smallest absolute Gasteiger partial charge is 0.304 e. The summed E-state index contributed by atoms with van der Waals surface area (Å²) in [6.45, 7) is 12.0. The Morgan fingerprint density at radius 1 is 1.20 bits per heavy atom. The summed E-state index contributed by atoms with van der Waals surface area (Å²) in [4.78, 5) is 16.0. The largest absolute Gasteiger partial charge is 0.481 e. The van der Waals surface area contributed by atoms with Crippen molar-refractivity contribution in [2.45, 2.75) is 124 Å². The Kier molecular flexibility index (Phi) is 9.32. The molecule has 0 saturated heterocycles. The van der Waals surface area contributed by atoms with Gasteiger partial charge in [0.2, 0.25) is 5.89 Å². The van der Waals surface area contributed by atoms with Crippen molar-refractivity contribution in [3.8, 4) is 0 Å². The molecule has 0 spiro atoms. The zero-order chi connectivity index (χ0) is 22.2. The number of carbonyl (C=O) groups is 1. The molecule has 6 nitrogen and oxygen atoms in total. The van der Waals surface area contributed by atoms with E-state index in [1.165, 1.54) is 32.1 Å². The Balaban J connectivity index is 2.00. The first-order chi connectivity index (χ1) is 14.2. The van der Waals surface area contributed by atoms with Crippen LogP contribution in [0.2, 0.25) is 0 Å². The predicted molar refractivity (Wildman–Crippen MR) is 119 cm³/mol. The van der Waals surface area contributed by atoms with Gasteiger partial charge in [0, 0.05) is 12.0 Å². The normalized spacial score (nSPS) is 17.9. The highest BCUT2D eigenvalue weighted by Crippen LogP contribution is 2.53. The van der Waals surface area contributed by atoms with Gasteiger partial charge in [-0.1, -0.05) is 65.5 Å². The topological polar surface area (TPSA) is 88.2 Å². The van der Waals surface area contributed by atoms with E-state index in [0.29, 0.717) is 29.7 Å². The zero-order valence-electron chi connectivity index (χ0n) is 19.8. The Morgan fingerprint density at radius 3 is 2.43 bits per heavy atom. The summed E-state index contributed by atoms with van der Waals surface area (Å²) in [7, 11) is 0. The van der Waals surface area contributed by atoms with Crippen LogP contribution in [0.5, 0.6) is 0 Å². The van der Waals surface area contributed by atoms with E-state index >= 15 is 0 Å². The summed E-state index contributed by atoms with van der Waals surface area (Å²) < 4.78 is 5.50. The van der Waals surface area contributed by atoms with Crippen LogP contribution in [0.15, 0.2) is 4.52 Å². The van der Waals surface area contributed by atoms with E-state index in [1.54, 1.807) is 0 Å². The van der Waals surface area contributed by atoms with Crippen LogP contribution in [0.1, 0.15) is 123 Å². The molecule has 1 aromatic rings. The van der Waals surface area contributed by atoms with Crippen molar-refractivity contribution in [3.63, 3.8) is 0 Å². The van der Waals surface area contributed by atoms with Gasteiger partial charge in [0.05, 0.1) is 13.0 Å². The van der Waals surface area contributed by atoms with Crippen LogP contribution in [0.4, 0.5) is 0 Å². The molecule has 0 radical (unpaired) electrons. The third-order valence-corrected chi connectivity index (χ3v) is 7.40. The van der Waals surface area contributed by atoms with Gasteiger partial charge in [-0.2, -0.15) is 4.98 Å². The monoisotopic (exact) mass is 421 g/mol. The van der Waals surface area contributed by atoms with Crippen LogP contribution in [-0.4, -0.2) is 27.3 Å². The van der Waals surface area contributed by atoms with Gasteiger partial charge >= 0.3 is 5.97 Å². The molecular formula is C24H43N3O3. The lowest BCUT2D eigenvalue weighted by Crippen LogP contribution is -2.37. The Hall–Kier alpha value is -1.43. The van der Waals surface area contributed by atoms with Crippen LogP contribution in [-0.2, 0) is 11.3 Å². The highest BCUT2D eigenvalue weighted by molar-refractivity contribution is 5.67. The standard InChI is InChI=1S/C24H43N3O3/c1-6-19(7-2)25-17-20-26-22(30-27-20)18(16-21(28)29)12-11-15-24(23(3,4)5)13-9-8-10-14-24/h18-19,25H,6-17H2,1-5H3,(H,28,29)/t18-/m1/s1. The number of carboxylic acid groups (broad SMARTS) is 1. The highest BCUT2D eigenvalue weighted by Gasteiger charge is 2.41. The third kappa shape index (κ3) is 6.79. The number of nitrogens with zero attached hydrogens (tertiary/aromatic N) is 2. The fourth-order valence-corrected chi connectivity index (χ4v) is 5.13. The maximum atomic E-state index is 11.5. The van der Waals surface area contributed by atoms with E-state index in [9.17, 15) is 9.90 Å². The van der Waals surface area contributed by atoms with Crippen molar-refractivity contribution in [1.82, 2.24) is 15.5 Å². The fourth-order valence-electron chi connectivity index (χ4n) is 5.13. The van der Waals surface area contributed by atoms with E-state index in [4.69, 9.17) is 4.52 Å². The van der Waals surface area contributed by atoms with Crippen molar-refractivity contribution < 1.29 is 14.4 Å². The molecule has 0 amide bonds. The maximum absolute atomic E-state index is 11.5. The number of carboxylic acids is 1. The van der Waals surface area contributed by atoms with Gasteiger partial charge in [0.15, 0.2) is 5.82 Å². The molecule has 2 N–H and O–H groups in total. The predicted octanol–water partition coefficient (Wildman–Crippen LogP) is 6.07. The quantitative estimate of drug-likeness (QED) is 0.425. The van der Waals surface area contributed by atoms with E-state index < -0.39 is 5.97 Å². The van der Waals surface area contributed by atoms with Crippen LogP contribution in [0.25, 0.3) is 0 Å². The van der Waals surface area contributed by atoms with Crippen LogP contribution >= 0.6 is 0 Å². The van der Waals surface area contributed by atoms with Gasteiger partial charge in [0.1, 0.15) is 0 Å². The number of rotatable bonds is 12. The lowest BCUT2D eigenvalue weighted by Gasteiger charge is -2.48. The summed E-state index contributed by atoms with van der Waals surface area (Å²) in [5.74, 6) is 0.0774. The summed E-state index contributed by atoms with van der Waals surface area (Å²) in [5, 5.41) is 16.9. The molecule has 0 aliphatic heterocycles. The Labute approximate surface area is 182 Å². The Morgan fingerprint density at radius 2 is 1.87 bits per heavy atom. The first-order valence-electron chi connectivity index (χ1n) is 12.0. The maximum Gasteiger partial charge on any atom is 0.304 e. The molecule has 1 aliphatic rings. The van der Waals surface area contributed by atoms with Crippen molar-refractivity contribution in [2.75, 3.05) is 0 Å². The SMILES string of the molecule is CCC(CC)NCc1noc([C@H](CCCC2(C(C)(C)C)CCCCC2)CC(=O)O)n1. The van der Waals surface area contributed by atoms with Crippen molar-refractivity contribution >= 4 is 5.97 Å². The number of hydrogen-bond donors (Lipinski definition) is 2. The third-order valence-electron chi connectivity index (χ3n) is 7.40. The van der Waals surface area contributed by atoms with Crippen molar-refractivity contribution in [2.24, 2.45) is 10.8 Å². The van der Waals surface area contributed by atoms with Gasteiger partial charge in [-0.25, -0.2) is 0 Å². The van der Waals surface area contributed by atoms with Gasteiger partial charge in [-0.3, -0.25) is 4.79 Å². The van der Waals surface area contributed by atoms with Gasteiger partial charge in [-0.05, 0) is 49.4 Å².